The van der Waals surface area contributed by atoms with Crippen molar-refractivity contribution in [3.63, 3.8) is 0 Å². The van der Waals surface area contributed by atoms with Crippen LogP contribution in [0.2, 0.25) is 0 Å². The Labute approximate surface area is 185 Å². The second kappa shape index (κ2) is 10.5. The van der Waals surface area contributed by atoms with Gasteiger partial charge in [-0.3, -0.25) is 0 Å². The van der Waals surface area contributed by atoms with E-state index in [4.69, 9.17) is 0 Å². The lowest BCUT2D eigenvalue weighted by atomic mass is 9.70. The lowest BCUT2D eigenvalue weighted by molar-refractivity contribution is 0.218. The van der Waals surface area contributed by atoms with Gasteiger partial charge in [0.1, 0.15) is 6.10 Å². The van der Waals surface area contributed by atoms with Crippen LogP contribution in [0.3, 0.4) is 0 Å². The summed E-state index contributed by atoms with van der Waals surface area (Å²) >= 11 is 2.40. The number of hydrogen-bond acceptors (Lipinski definition) is 1. The molecule has 0 amide bonds. The van der Waals surface area contributed by atoms with Crippen molar-refractivity contribution in [1.29, 1.82) is 0 Å². The van der Waals surface area contributed by atoms with Gasteiger partial charge in [-0.25, -0.2) is 0 Å². The first-order valence-electron chi connectivity index (χ1n) is 10.4. The minimum atomic E-state index is -0.529. The first-order chi connectivity index (χ1) is 13.4. The zero-order valence-electron chi connectivity index (χ0n) is 17.9. The van der Waals surface area contributed by atoms with Crippen LogP contribution in [0.5, 0.6) is 0 Å². The molecule has 2 heteroatoms. The van der Waals surface area contributed by atoms with E-state index in [1.54, 1.807) is 0 Å². The fourth-order valence-corrected chi connectivity index (χ4v) is 4.24. The molecule has 1 unspecified atom stereocenters. The van der Waals surface area contributed by atoms with Crippen molar-refractivity contribution >= 4 is 22.6 Å². The number of unbranched alkanes of at least 4 members (excludes halogenated alkanes) is 1. The van der Waals surface area contributed by atoms with Gasteiger partial charge in [-0.15, -0.1) is 0 Å². The van der Waals surface area contributed by atoms with Crippen molar-refractivity contribution in [3.05, 3.63) is 67.8 Å². The van der Waals surface area contributed by atoms with E-state index >= 15 is 0 Å². The van der Waals surface area contributed by atoms with Crippen LogP contribution >= 0.6 is 22.6 Å². The summed E-state index contributed by atoms with van der Waals surface area (Å²) in [4.78, 5) is 0. The lowest BCUT2D eigenvalue weighted by Crippen LogP contribution is -2.26. The molecule has 28 heavy (non-hydrogen) atoms. The van der Waals surface area contributed by atoms with Crippen molar-refractivity contribution in [2.24, 2.45) is 0 Å². The van der Waals surface area contributed by atoms with E-state index in [9.17, 15) is 5.11 Å². The second-order valence-corrected chi connectivity index (χ2v) is 8.87. The summed E-state index contributed by atoms with van der Waals surface area (Å²) in [5.41, 5.74) is 6.30. The Kier molecular flexibility index (Phi) is 8.58. The third-order valence-corrected chi connectivity index (χ3v) is 7.11. The minimum absolute atomic E-state index is 0.0203. The van der Waals surface area contributed by atoms with Crippen molar-refractivity contribution in [2.45, 2.75) is 78.2 Å². The van der Waals surface area contributed by atoms with Crippen LogP contribution in [0, 0.1) is 29.3 Å². The van der Waals surface area contributed by atoms with Gasteiger partial charge >= 0.3 is 0 Å². The van der Waals surface area contributed by atoms with E-state index in [1.807, 2.05) is 0 Å². The van der Waals surface area contributed by atoms with Gasteiger partial charge in [-0.2, -0.15) is 0 Å². The highest BCUT2D eigenvalue weighted by Crippen LogP contribution is 2.40. The van der Waals surface area contributed by atoms with Crippen molar-refractivity contribution in [1.82, 2.24) is 0 Å². The quantitative estimate of drug-likeness (QED) is 0.332. The van der Waals surface area contributed by atoms with Gasteiger partial charge < -0.3 is 5.11 Å². The molecule has 0 aromatic heterocycles. The number of hydrogen-bond donors (Lipinski definition) is 1. The van der Waals surface area contributed by atoms with Gasteiger partial charge in [0.15, 0.2) is 0 Å². The molecular formula is C26H33IO. The number of aryl methyl sites for hydroxylation is 2. The number of rotatable bonds is 7. The highest BCUT2D eigenvalue weighted by atomic mass is 127. The summed E-state index contributed by atoms with van der Waals surface area (Å²) in [5, 5.41) is 10.0. The molecule has 0 spiro atoms. The SMILES string of the molecule is CCCCC(O)C#Cc1ccc(C(CC)(CC)c2ccc(I)c(C)c2)cc1C. The van der Waals surface area contributed by atoms with E-state index < -0.39 is 6.10 Å². The second-order valence-electron chi connectivity index (χ2n) is 7.71. The highest BCUT2D eigenvalue weighted by molar-refractivity contribution is 14.1. The molecule has 2 aromatic carbocycles. The van der Waals surface area contributed by atoms with Crippen molar-refractivity contribution in [2.75, 3.05) is 0 Å². The molecule has 0 aliphatic carbocycles. The predicted octanol–water partition coefficient (Wildman–Crippen LogP) is 6.92. The molecule has 1 N–H and O–H groups in total. The normalized spacial score (nSPS) is 12.4. The summed E-state index contributed by atoms with van der Waals surface area (Å²) in [5.74, 6) is 6.20. The molecule has 0 aliphatic rings. The molecule has 0 radical (unpaired) electrons. The van der Waals surface area contributed by atoms with E-state index in [2.05, 4.69) is 105 Å². The zero-order valence-corrected chi connectivity index (χ0v) is 20.1. The first kappa shape index (κ1) is 23.0. The Balaban J connectivity index is 2.40. The van der Waals surface area contributed by atoms with Gasteiger partial charge in [0.2, 0.25) is 0 Å². The molecule has 0 saturated carbocycles. The van der Waals surface area contributed by atoms with Gasteiger partial charge in [0.05, 0.1) is 0 Å². The zero-order chi connectivity index (χ0) is 20.7. The summed E-state index contributed by atoms with van der Waals surface area (Å²) in [6, 6.07) is 13.5. The van der Waals surface area contributed by atoms with Gasteiger partial charge in [-0.05, 0) is 90.1 Å². The van der Waals surface area contributed by atoms with E-state index in [0.29, 0.717) is 0 Å². The standard InChI is InChI=1S/C26H33IO/c1-6-9-10-24(28)15-12-21-11-13-22(17-19(21)4)26(7-2,8-3)23-14-16-25(27)20(5)18-23/h11,13-14,16-18,24,28H,6-10H2,1-5H3. The summed E-state index contributed by atoms with van der Waals surface area (Å²) in [6.07, 6.45) is 4.44. The predicted molar refractivity (Wildman–Crippen MR) is 129 cm³/mol. The van der Waals surface area contributed by atoms with Crippen LogP contribution in [0.4, 0.5) is 0 Å². The van der Waals surface area contributed by atoms with Crippen molar-refractivity contribution in [3.8, 4) is 11.8 Å². The molecule has 0 bridgehead atoms. The summed E-state index contributed by atoms with van der Waals surface area (Å²) in [6.45, 7) is 11.0. The summed E-state index contributed by atoms with van der Waals surface area (Å²) < 4.78 is 1.31. The molecule has 0 fully saturated rings. The average molecular weight is 488 g/mol. The number of benzene rings is 2. The fourth-order valence-electron chi connectivity index (χ4n) is 3.91. The molecule has 2 aromatic rings. The Morgan fingerprint density at radius 3 is 2.11 bits per heavy atom. The number of aliphatic hydroxyl groups excluding tert-OH is 1. The number of halogens is 1. The topological polar surface area (TPSA) is 20.2 Å². The van der Waals surface area contributed by atoms with Crippen LogP contribution in [0.25, 0.3) is 0 Å². The maximum Gasteiger partial charge on any atom is 0.115 e. The largest absolute Gasteiger partial charge is 0.380 e. The maximum absolute atomic E-state index is 10.0. The number of aliphatic hydroxyl groups is 1. The van der Waals surface area contributed by atoms with Crippen LogP contribution in [0.1, 0.15) is 80.7 Å². The van der Waals surface area contributed by atoms with E-state index in [-0.39, 0.29) is 5.41 Å². The maximum atomic E-state index is 10.0. The molecule has 1 atom stereocenters. The van der Waals surface area contributed by atoms with Crippen LogP contribution in [0.15, 0.2) is 36.4 Å². The van der Waals surface area contributed by atoms with Gasteiger partial charge in [0.25, 0.3) is 0 Å². The van der Waals surface area contributed by atoms with E-state index in [0.717, 1.165) is 37.7 Å². The van der Waals surface area contributed by atoms with Gasteiger partial charge in [0, 0.05) is 14.5 Å². The smallest absolute Gasteiger partial charge is 0.115 e. The Hall–Kier alpha value is -1.31. The van der Waals surface area contributed by atoms with Crippen LogP contribution in [-0.2, 0) is 5.41 Å². The third kappa shape index (κ3) is 5.19. The monoisotopic (exact) mass is 488 g/mol. The van der Waals surface area contributed by atoms with Crippen molar-refractivity contribution < 1.29 is 5.11 Å². The third-order valence-electron chi connectivity index (χ3n) is 5.90. The molecule has 1 nitrogen and oxygen atoms in total. The first-order valence-corrected chi connectivity index (χ1v) is 11.5. The Morgan fingerprint density at radius 2 is 1.57 bits per heavy atom. The van der Waals surface area contributed by atoms with Gasteiger partial charge in [-0.1, -0.05) is 69.7 Å². The molecule has 2 rings (SSSR count). The summed E-state index contributed by atoms with van der Waals surface area (Å²) in [7, 11) is 0. The Bertz CT molecular complexity index is 852. The molecule has 150 valence electrons. The average Bonchev–Trinajstić information content (AvgIpc) is 2.69. The highest BCUT2D eigenvalue weighted by Gasteiger charge is 2.31. The Morgan fingerprint density at radius 1 is 0.964 bits per heavy atom. The minimum Gasteiger partial charge on any atom is -0.380 e. The molecule has 0 saturated heterocycles. The van der Waals surface area contributed by atoms with Crippen LogP contribution < -0.4 is 0 Å². The molecule has 0 aliphatic heterocycles. The van der Waals surface area contributed by atoms with Crippen LogP contribution in [-0.4, -0.2) is 11.2 Å². The molecule has 0 heterocycles. The fraction of sp³-hybridized carbons (Fsp3) is 0.462. The van der Waals surface area contributed by atoms with E-state index in [1.165, 1.54) is 25.8 Å². The lowest BCUT2D eigenvalue weighted by Gasteiger charge is -2.34. The molecular weight excluding hydrogens is 455 g/mol.